The molecule has 2 aromatic rings. The van der Waals surface area contributed by atoms with E-state index >= 15 is 0 Å². The number of aryl methyl sites for hydroxylation is 2. The van der Waals surface area contributed by atoms with Crippen molar-refractivity contribution in [2.45, 2.75) is 12.8 Å². The van der Waals surface area contributed by atoms with Gasteiger partial charge in [-0.1, -0.05) is 35.5 Å². The zero-order valence-electron chi connectivity index (χ0n) is 9.13. The number of Topliss-reactive ketones (excluding diaryl/α,β-unsaturated/α-hetero) is 1. The lowest BCUT2D eigenvalue weighted by molar-refractivity contribution is 0.0982. The molecule has 82 valence electrons. The normalized spacial score (nSPS) is 10.3. The molecular formula is C12H13N3O. The van der Waals surface area contributed by atoms with Gasteiger partial charge in [0, 0.05) is 19.0 Å². The molecule has 4 heteroatoms. The fourth-order valence-corrected chi connectivity index (χ4v) is 1.55. The highest BCUT2D eigenvalue weighted by atomic mass is 16.1. The molecule has 1 aromatic carbocycles. The third-order valence-electron chi connectivity index (χ3n) is 2.51. The first-order valence-electron chi connectivity index (χ1n) is 5.19. The van der Waals surface area contributed by atoms with Crippen LogP contribution in [0.4, 0.5) is 0 Å². The number of hydrogen-bond donors (Lipinski definition) is 0. The lowest BCUT2D eigenvalue weighted by Gasteiger charge is -2.00. The Morgan fingerprint density at radius 3 is 2.69 bits per heavy atom. The summed E-state index contributed by atoms with van der Waals surface area (Å²) in [6, 6.07) is 9.33. The van der Waals surface area contributed by atoms with Crippen molar-refractivity contribution < 1.29 is 4.79 Å². The monoisotopic (exact) mass is 215 g/mol. The fraction of sp³-hybridized carbons (Fsp3) is 0.250. The Kier molecular flexibility index (Phi) is 3.10. The van der Waals surface area contributed by atoms with Crippen LogP contribution in [0.3, 0.4) is 0 Å². The summed E-state index contributed by atoms with van der Waals surface area (Å²) < 4.78 is 1.69. The van der Waals surface area contributed by atoms with Gasteiger partial charge in [-0.25, -0.2) is 0 Å². The van der Waals surface area contributed by atoms with E-state index < -0.39 is 0 Å². The molecule has 0 radical (unpaired) electrons. The van der Waals surface area contributed by atoms with Crippen LogP contribution in [0.5, 0.6) is 0 Å². The van der Waals surface area contributed by atoms with Crippen LogP contribution in [0.15, 0.2) is 36.5 Å². The molecule has 0 saturated heterocycles. The fourth-order valence-electron chi connectivity index (χ4n) is 1.55. The molecule has 4 nitrogen and oxygen atoms in total. The van der Waals surface area contributed by atoms with Crippen molar-refractivity contribution >= 4 is 5.78 Å². The van der Waals surface area contributed by atoms with Crippen molar-refractivity contribution in [2.24, 2.45) is 7.05 Å². The summed E-state index contributed by atoms with van der Waals surface area (Å²) in [7, 11) is 1.83. The predicted octanol–water partition coefficient (Wildman–Crippen LogP) is 1.63. The molecule has 0 spiro atoms. The lowest BCUT2D eigenvalue weighted by atomic mass is 10.1. The first-order chi connectivity index (χ1) is 7.77. The van der Waals surface area contributed by atoms with Crippen LogP contribution in [0, 0.1) is 0 Å². The van der Waals surface area contributed by atoms with Crippen molar-refractivity contribution in [2.75, 3.05) is 0 Å². The minimum Gasteiger partial charge on any atom is -0.294 e. The average molecular weight is 215 g/mol. The smallest absolute Gasteiger partial charge is 0.163 e. The summed E-state index contributed by atoms with van der Waals surface area (Å²) in [5.41, 5.74) is 1.74. The van der Waals surface area contributed by atoms with E-state index in [1.165, 1.54) is 0 Å². The van der Waals surface area contributed by atoms with Crippen LogP contribution >= 0.6 is 0 Å². The van der Waals surface area contributed by atoms with Gasteiger partial charge < -0.3 is 0 Å². The summed E-state index contributed by atoms with van der Waals surface area (Å²) in [6.07, 6.45) is 2.86. The molecule has 1 heterocycles. The molecule has 1 aromatic heterocycles. The van der Waals surface area contributed by atoms with Crippen LogP contribution in [-0.2, 0) is 13.5 Å². The van der Waals surface area contributed by atoms with Crippen molar-refractivity contribution in [3.63, 3.8) is 0 Å². The quantitative estimate of drug-likeness (QED) is 0.728. The highest BCUT2D eigenvalue weighted by Gasteiger charge is 2.07. The van der Waals surface area contributed by atoms with E-state index in [9.17, 15) is 4.79 Å². The molecule has 0 fully saturated rings. The van der Waals surface area contributed by atoms with Gasteiger partial charge in [-0.3, -0.25) is 9.48 Å². The summed E-state index contributed by atoms with van der Waals surface area (Å²) >= 11 is 0. The van der Waals surface area contributed by atoms with E-state index in [0.29, 0.717) is 12.8 Å². The number of benzene rings is 1. The van der Waals surface area contributed by atoms with E-state index in [1.807, 2.05) is 37.4 Å². The van der Waals surface area contributed by atoms with E-state index in [-0.39, 0.29) is 5.78 Å². The van der Waals surface area contributed by atoms with Crippen molar-refractivity contribution in [3.05, 3.63) is 47.8 Å². The Bertz CT molecular complexity index is 476. The van der Waals surface area contributed by atoms with Crippen LogP contribution in [0.2, 0.25) is 0 Å². The molecule has 0 aliphatic carbocycles. The Balaban J connectivity index is 1.97. The molecule has 0 saturated carbocycles. The highest BCUT2D eigenvalue weighted by Crippen LogP contribution is 2.06. The molecule has 0 atom stereocenters. The zero-order valence-corrected chi connectivity index (χ0v) is 9.13. The second-order valence-corrected chi connectivity index (χ2v) is 3.64. The van der Waals surface area contributed by atoms with Gasteiger partial charge in [-0.2, -0.15) is 0 Å². The summed E-state index contributed by atoms with van der Waals surface area (Å²) in [6.45, 7) is 0. The maximum Gasteiger partial charge on any atom is 0.163 e. The Labute approximate surface area is 93.9 Å². The number of rotatable bonds is 4. The molecule has 0 bridgehead atoms. The molecule has 0 unspecified atom stereocenters. The van der Waals surface area contributed by atoms with Gasteiger partial charge in [-0.15, -0.1) is 5.10 Å². The van der Waals surface area contributed by atoms with E-state index in [1.54, 1.807) is 10.9 Å². The second-order valence-electron chi connectivity index (χ2n) is 3.64. The van der Waals surface area contributed by atoms with Crippen LogP contribution in [-0.4, -0.2) is 20.8 Å². The SMILES string of the molecule is Cn1nncc1CCC(=O)c1ccccc1. The number of nitrogens with zero attached hydrogens (tertiary/aromatic N) is 3. The molecule has 0 aliphatic heterocycles. The number of carbonyl (C=O) groups excluding carboxylic acids is 1. The number of ketones is 1. The summed E-state index contributed by atoms with van der Waals surface area (Å²) in [4.78, 5) is 11.8. The molecule has 16 heavy (non-hydrogen) atoms. The number of carbonyl (C=O) groups is 1. The number of hydrogen-bond acceptors (Lipinski definition) is 3. The molecule has 0 amide bonds. The molecule has 0 aliphatic rings. The average Bonchev–Trinajstić information content (AvgIpc) is 2.73. The van der Waals surface area contributed by atoms with Gasteiger partial charge in [0.1, 0.15) is 0 Å². The number of aromatic nitrogens is 3. The zero-order chi connectivity index (χ0) is 11.4. The van der Waals surface area contributed by atoms with E-state index in [2.05, 4.69) is 10.3 Å². The van der Waals surface area contributed by atoms with Gasteiger partial charge >= 0.3 is 0 Å². The minimum absolute atomic E-state index is 0.154. The van der Waals surface area contributed by atoms with E-state index in [4.69, 9.17) is 0 Å². The standard InChI is InChI=1S/C12H13N3O/c1-15-11(9-13-14-15)7-8-12(16)10-5-3-2-4-6-10/h2-6,9H,7-8H2,1H3. The second kappa shape index (κ2) is 4.70. The predicted molar refractivity (Wildman–Crippen MR) is 60.1 cm³/mol. The van der Waals surface area contributed by atoms with Gasteiger partial charge in [0.15, 0.2) is 5.78 Å². The topological polar surface area (TPSA) is 47.8 Å². The van der Waals surface area contributed by atoms with Gasteiger partial charge in [-0.05, 0) is 6.42 Å². The largest absolute Gasteiger partial charge is 0.294 e. The van der Waals surface area contributed by atoms with Crippen molar-refractivity contribution in [3.8, 4) is 0 Å². The molecular weight excluding hydrogens is 202 g/mol. The van der Waals surface area contributed by atoms with Gasteiger partial charge in [0.05, 0.1) is 11.9 Å². The Hall–Kier alpha value is -1.97. The van der Waals surface area contributed by atoms with Crippen LogP contribution in [0.25, 0.3) is 0 Å². The first kappa shape index (κ1) is 10.5. The Morgan fingerprint density at radius 1 is 1.31 bits per heavy atom. The molecule has 2 rings (SSSR count). The first-order valence-corrected chi connectivity index (χ1v) is 5.19. The van der Waals surface area contributed by atoms with Gasteiger partial charge in [0.25, 0.3) is 0 Å². The van der Waals surface area contributed by atoms with Crippen molar-refractivity contribution in [1.29, 1.82) is 0 Å². The molecule has 0 N–H and O–H groups in total. The summed E-state index contributed by atoms with van der Waals surface area (Å²) in [5, 5.41) is 7.60. The summed E-state index contributed by atoms with van der Waals surface area (Å²) in [5.74, 6) is 0.154. The van der Waals surface area contributed by atoms with E-state index in [0.717, 1.165) is 11.3 Å². The highest BCUT2D eigenvalue weighted by molar-refractivity contribution is 5.96. The minimum atomic E-state index is 0.154. The Morgan fingerprint density at radius 2 is 2.06 bits per heavy atom. The maximum atomic E-state index is 11.8. The van der Waals surface area contributed by atoms with Crippen molar-refractivity contribution in [1.82, 2.24) is 15.0 Å². The van der Waals surface area contributed by atoms with Crippen LogP contribution < -0.4 is 0 Å². The third-order valence-corrected chi connectivity index (χ3v) is 2.51. The lowest BCUT2D eigenvalue weighted by Crippen LogP contribution is -2.04. The van der Waals surface area contributed by atoms with Gasteiger partial charge in [0.2, 0.25) is 0 Å². The van der Waals surface area contributed by atoms with Crippen LogP contribution in [0.1, 0.15) is 22.5 Å². The third kappa shape index (κ3) is 2.34. The maximum absolute atomic E-state index is 11.8.